The van der Waals surface area contributed by atoms with Crippen LogP contribution >= 0.6 is 0 Å². The van der Waals surface area contributed by atoms with Crippen molar-refractivity contribution in [3.8, 4) is 11.4 Å². The van der Waals surface area contributed by atoms with E-state index < -0.39 is 0 Å². The van der Waals surface area contributed by atoms with Gasteiger partial charge in [-0.1, -0.05) is 24.3 Å². The number of rotatable bonds is 4. The van der Waals surface area contributed by atoms with E-state index >= 15 is 0 Å². The molecule has 0 bridgehead atoms. The van der Waals surface area contributed by atoms with Crippen LogP contribution in [0.3, 0.4) is 0 Å². The van der Waals surface area contributed by atoms with Crippen LogP contribution in [0, 0.1) is 0 Å². The van der Waals surface area contributed by atoms with E-state index in [9.17, 15) is 4.79 Å². The SMILES string of the molecule is CC(=O)c1ccc(-c2nccc(NC3CC(C)(C)NC(C)(C)C3)n2)cc1. The number of carbonyl (C=O) groups excluding carboxylic acids is 1. The number of hydrogen-bond acceptors (Lipinski definition) is 5. The van der Waals surface area contributed by atoms with Gasteiger partial charge in [-0.05, 0) is 53.5 Å². The van der Waals surface area contributed by atoms with Gasteiger partial charge < -0.3 is 10.6 Å². The number of nitrogens with one attached hydrogen (secondary N) is 2. The van der Waals surface area contributed by atoms with Gasteiger partial charge in [-0.25, -0.2) is 9.97 Å². The number of aromatic nitrogens is 2. The van der Waals surface area contributed by atoms with E-state index in [4.69, 9.17) is 0 Å². The fraction of sp³-hybridized carbons (Fsp3) is 0.476. The van der Waals surface area contributed by atoms with Crippen LogP contribution in [-0.2, 0) is 0 Å². The monoisotopic (exact) mass is 352 g/mol. The quantitative estimate of drug-likeness (QED) is 0.812. The van der Waals surface area contributed by atoms with Crippen LogP contribution in [-0.4, -0.2) is 32.9 Å². The first kappa shape index (κ1) is 18.5. The Bertz CT molecular complexity index is 780. The summed E-state index contributed by atoms with van der Waals surface area (Å²) in [7, 11) is 0. The molecule has 2 N–H and O–H groups in total. The van der Waals surface area contributed by atoms with Gasteiger partial charge in [0.25, 0.3) is 0 Å². The third-order valence-corrected chi connectivity index (χ3v) is 4.75. The van der Waals surface area contributed by atoms with Crippen molar-refractivity contribution >= 4 is 11.6 Å². The van der Waals surface area contributed by atoms with Crippen LogP contribution in [0.2, 0.25) is 0 Å². The fourth-order valence-electron chi connectivity index (χ4n) is 4.07. The van der Waals surface area contributed by atoms with Crippen molar-refractivity contribution < 1.29 is 4.79 Å². The molecule has 5 nitrogen and oxygen atoms in total. The zero-order valence-corrected chi connectivity index (χ0v) is 16.3. The van der Waals surface area contributed by atoms with Gasteiger partial charge in [0, 0.05) is 34.4 Å². The van der Waals surface area contributed by atoms with E-state index in [0.717, 1.165) is 24.2 Å². The maximum atomic E-state index is 11.4. The molecule has 0 spiro atoms. The predicted molar refractivity (Wildman–Crippen MR) is 105 cm³/mol. The summed E-state index contributed by atoms with van der Waals surface area (Å²) in [5.74, 6) is 1.56. The van der Waals surface area contributed by atoms with Gasteiger partial charge in [0.2, 0.25) is 0 Å². The van der Waals surface area contributed by atoms with Crippen molar-refractivity contribution in [1.82, 2.24) is 15.3 Å². The highest BCUT2D eigenvalue weighted by Gasteiger charge is 2.37. The minimum Gasteiger partial charge on any atom is -0.367 e. The molecule has 0 atom stereocenters. The standard InChI is InChI=1S/C21H28N4O/c1-14(26)15-6-8-16(9-7-15)19-22-11-10-18(24-19)23-17-12-20(2,3)25-21(4,5)13-17/h6-11,17,25H,12-13H2,1-5H3,(H,22,23,24). The maximum absolute atomic E-state index is 11.4. The van der Waals surface area contributed by atoms with E-state index in [1.54, 1.807) is 13.1 Å². The van der Waals surface area contributed by atoms with Crippen LogP contribution in [0.1, 0.15) is 57.8 Å². The Balaban J connectivity index is 1.78. The van der Waals surface area contributed by atoms with Gasteiger partial charge >= 0.3 is 0 Å². The minimum atomic E-state index is 0.0593. The van der Waals surface area contributed by atoms with E-state index in [2.05, 4.69) is 48.3 Å². The second kappa shape index (κ2) is 6.80. The van der Waals surface area contributed by atoms with Crippen LogP contribution in [0.25, 0.3) is 11.4 Å². The van der Waals surface area contributed by atoms with Gasteiger partial charge in [0.15, 0.2) is 11.6 Å². The third kappa shape index (κ3) is 4.47. The molecule has 1 aromatic carbocycles. The van der Waals surface area contributed by atoms with Crippen LogP contribution in [0.5, 0.6) is 0 Å². The van der Waals surface area contributed by atoms with E-state index in [1.165, 1.54) is 0 Å². The molecular formula is C21H28N4O. The summed E-state index contributed by atoms with van der Waals surface area (Å²) in [6.45, 7) is 10.5. The summed E-state index contributed by atoms with van der Waals surface area (Å²) in [6.07, 6.45) is 3.84. The summed E-state index contributed by atoms with van der Waals surface area (Å²) < 4.78 is 0. The molecule has 2 aromatic rings. The molecule has 1 aliphatic rings. The Kier molecular flexibility index (Phi) is 4.84. The topological polar surface area (TPSA) is 66.9 Å². The molecule has 1 saturated heterocycles. The van der Waals surface area contributed by atoms with Crippen molar-refractivity contribution in [3.63, 3.8) is 0 Å². The van der Waals surface area contributed by atoms with Crippen LogP contribution < -0.4 is 10.6 Å². The fourth-order valence-corrected chi connectivity index (χ4v) is 4.07. The Morgan fingerprint density at radius 1 is 1.08 bits per heavy atom. The van der Waals surface area contributed by atoms with Gasteiger partial charge in [-0.15, -0.1) is 0 Å². The first-order chi connectivity index (χ1) is 12.1. The van der Waals surface area contributed by atoms with Crippen molar-refractivity contribution in [2.24, 2.45) is 0 Å². The summed E-state index contributed by atoms with van der Waals surface area (Å²) in [6, 6.07) is 9.69. The van der Waals surface area contributed by atoms with Crippen LogP contribution in [0.15, 0.2) is 36.5 Å². The zero-order valence-electron chi connectivity index (χ0n) is 16.3. The number of carbonyl (C=O) groups is 1. The highest BCUT2D eigenvalue weighted by atomic mass is 16.1. The number of Topliss-reactive ketones (excluding diaryl/α,β-unsaturated/α-hetero) is 1. The zero-order chi connectivity index (χ0) is 18.9. The number of hydrogen-bond donors (Lipinski definition) is 2. The molecule has 2 heterocycles. The molecule has 0 amide bonds. The Morgan fingerprint density at radius 2 is 1.69 bits per heavy atom. The Morgan fingerprint density at radius 3 is 2.27 bits per heavy atom. The second-order valence-corrected chi connectivity index (χ2v) is 8.54. The molecule has 0 radical (unpaired) electrons. The first-order valence-corrected chi connectivity index (χ1v) is 9.14. The molecule has 1 aliphatic heterocycles. The van der Waals surface area contributed by atoms with Crippen LogP contribution in [0.4, 0.5) is 5.82 Å². The Labute approximate surface area is 155 Å². The lowest BCUT2D eigenvalue weighted by atomic mass is 9.79. The van der Waals surface area contributed by atoms with Crippen molar-refractivity contribution in [1.29, 1.82) is 0 Å². The lowest BCUT2D eigenvalue weighted by Crippen LogP contribution is -2.60. The first-order valence-electron chi connectivity index (χ1n) is 9.14. The normalized spacial score (nSPS) is 19.1. The van der Waals surface area contributed by atoms with E-state index in [-0.39, 0.29) is 16.9 Å². The van der Waals surface area contributed by atoms with E-state index in [0.29, 0.717) is 17.4 Å². The van der Waals surface area contributed by atoms with Crippen molar-refractivity contribution in [2.45, 2.75) is 64.6 Å². The van der Waals surface area contributed by atoms with Gasteiger partial charge in [-0.3, -0.25) is 4.79 Å². The molecule has 0 unspecified atom stereocenters. The Hall–Kier alpha value is -2.27. The molecule has 26 heavy (non-hydrogen) atoms. The number of ketones is 1. The molecule has 1 fully saturated rings. The smallest absolute Gasteiger partial charge is 0.161 e. The molecule has 5 heteroatoms. The predicted octanol–water partition coefficient (Wildman–Crippen LogP) is 4.07. The summed E-state index contributed by atoms with van der Waals surface area (Å²) in [5.41, 5.74) is 1.77. The number of benzene rings is 1. The van der Waals surface area contributed by atoms with Crippen molar-refractivity contribution in [3.05, 3.63) is 42.1 Å². The lowest BCUT2D eigenvalue weighted by Gasteiger charge is -2.46. The highest BCUT2D eigenvalue weighted by Crippen LogP contribution is 2.30. The molecule has 0 saturated carbocycles. The summed E-state index contributed by atoms with van der Waals surface area (Å²) >= 11 is 0. The molecule has 1 aromatic heterocycles. The minimum absolute atomic E-state index is 0.0593. The van der Waals surface area contributed by atoms with Gasteiger partial charge in [-0.2, -0.15) is 0 Å². The lowest BCUT2D eigenvalue weighted by molar-refractivity contribution is 0.101. The van der Waals surface area contributed by atoms with Gasteiger partial charge in [0.1, 0.15) is 5.82 Å². The molecule has 138 valence electrons. The molecule has 0 aliphatic carbocycles. The highest BCUT2D eigenvalue weighted by molar-refractivity contribution is 5.94. The number of anilines is 1. The molecular weight excluding hydrogens is 324 g/mol. The summed E-state index contributed by atoms with van der Waals surface area (Å²) in [5, 5.41) is 7.29. The van der Waals surface area contributed by atoms with Gasteiger partial charge in [0.05, 0.1) is 0 Å². The summed E-state index contributed by atoms with van der Waals surface area (Å²) in [4.78, 5) is 20.5. The number of nitrogens with zero attached hydrogens (tertiary/aromatic N) is 2. The second-order valence-electron chi connectivity index (χ2n) is 8.54. The largest absolute Gasteiger partial charge is 0.367 e. The third-order valence-electron chi connectivity index (χ3n) is 4.75. The average molecular weight is 352 g/mol. The average Bonchev–Trinajstić information content (AvgIpc) is 2.52. The number of piperidine rings is 1. The van der Waals surface area contributed by atoms with Crippen molar-refractivity contribution in [2.75, 3.05) is 5.32 Å². The van der Waals surface area contributed by atoms with E-state index in [1.807, 2.05) is 30.3 Å². The molecule has 3 rings (SSSR count). The maximum Gasteiger partial charge on any atom is 0.161 e.